The van der Waals surface area contributed by atoms with Crippen molar-refractivity contribution in [3.8, 4) is 21.1 Å². The van der Waals surface area contributed by atoms with Crippen molar-refractivity contribution in [2.45, 2.75) is 18.9 Å². The van der Waals surface area contributed by atoms with Gasteiger partial charge in [0.25, 0.3) is 0 Å². The van der Waals surface area contributed by atoms with E-state index in [1.807, 2.05) is 36.4 Å². The first kappa shape index (κ1) is 23.4. The van der Waals surface area contributed by atoms with Crippen LogP contribution in [-0.4, -0.2) is 39.2 Å². The van der Waals surface area contributed by atoms with Gasteiger partial charge in [0.15, 0.2) is 0 Å². The minimum Gasteiger partial charge on any atom is -0.377 e. The van der Waals surface area contributed by atoms with Crippen LogP contribution >= 0.6 is 22.9 Å². The first-order valence-corrected chi connectivity index (χ1v) is 12.3. The minimum absolute atomic E-state index is 0.193. The number of imidazole rings is 1. The first-order valence-electron chi connectivity index (χ1n) is 11.1. The molecule has 0 fully saturated rings. The lowest BCUT2D eigenvalue weighted by atomic mass is 9.78. The Balaban J connectivity index is 1.72. The van der Waals surface area contributed by atoms with Crippen LogP contribution < -0.4 is 5.32 Å². The molecule has 0 saturated heterocycles. The largest absolute Gasteiger partial charge is 0.377 e. The fourth-order valence-corrected chi connectivity index (χ4v) is 5.55. The SMILES string of the molecule is CC(=O)Nc1cc(-c2cc(C(O)(C3=CCOCC3)c3ccc(Cl)cc3)c(-c3ncc[nH]3)s2)ccn1. The highest BCUT2D eigenvalue weighted by Crippen LogP contribution is 2.48. The van der Waals surface area contributed by atoms with E-state index in [-0.39, 0.29) is 5.91 Å². The zero-order valence-electron chi connectivity index (χ0n) is 18.9. The van der Waals surface area contributed by atoms with Gasteiger partial charge in [0.2, 0.25) is 5.91 Å². The topological polar surface area (TPSA) is 100 Å². The number of carbonyl (C=O) groups is 1. The number of H-pyrrole nitrogens is 1. The number of nitrogens with one attached hydrogen (secondary N) is 2. The van der Waals surface area contributed by atoms with Crippen molar-refractivity contribution in [3.05, 3.63) is 88.9 Å². The van der Waals surface area contributed by atoms with Crippen molar-refractivity contribution >= 4 is 34.7 Å². The van der Waals surface area contributed by atoms with Crippen LogP contribution in [0.5, 0.6) is 0 Å². The Bertz CT molecular complexity index is 1380. The smallest absolute Gasteiger partial charge is 0.222 e. The number of carbonyl (C=O) groups excluding carboxylic acids is 1. The summed E-state index contributed by atoms with van der Waals surface area (Å²) in [5.74, 6) is 0.929. The van der Waals surface area contributed by atoms with Gasteiger partial charge in [-0.1, -0.05) is 29.8 Å². The molecule has 0 radical (unpaired) electrons. The van der Waals surface area contributed by atoms with E-state index >= 15 is 0 Å². The molecular weight excluding hydrogens is 484 g/mol. The number of pyridine rings is 1. The molecule has 1 unspecified atom stereocenters. The van der Waals surface area contributed by atoms with Crippen molar-refractivity contribution in [1.29, 1.82) is 0 Å². The van der Waals surface area contributed by atoms with Crippen molar-refractivity contribution in [2.75, 3.05) is 18.5 Å². The van der Waals surface area contributed by atoms with E-state index < -0.39 is 5.60 Å². The third-order valence-electron chi connectivity index (χ3n) is 5.87. The van der Waals surface area contributed by atoms with Crippen molar-refractivity contribution in [1.82, 2.24) is 15.0 Å². The molecule has 0 spiro atoms. The Hall–Kier alpha value is -3.30. The Morgan fingerprint density at radius 2 is 2.03 bits per heavy atom. The highest BCUT2D eigenvalue weighted by Gasteiger charge is 2.40. The summed E-state index contributed by atoms with van der Waals surface area (Å²) in [5, 5.41) is 15.8. The molecule has 4 aromatic rings. The lowest BCUT2D eigenvalue weighted by Gasteiger charge is -2.34. The van der Waals surface area contributed by atoms with E-state index in [1.165, 1.54) is 18.3 Å². The third-order valence-corrected chi connectivity index (χ3v) is 7.32. The zero-order valence-corrected chi connectivity index (χ0v) is 20.5. The van der Waals surface area contributed by atoms with Crippen molar-refractivity contribution in [2.24, 2.45) is 0 Å². The Kier molecular flexibility index (Phi) is 6.53. The van der Waals surface area contributed by atoms with Gasteiger partial charge >= 0.3 is 0 Å². The maximum Gasteiger partial charge on any atom is 0.222 e. The second-order valence-corrected chi connectivity index (χ2v) is 9.66. The lowest BCUT2D eigenvalue weighted by Crippen LogP contribution is -2.32. The van der Waals surface area contributed by atoms with Crippen LogP contribution in [0.15, 0.2) is 72.7 Å². The minimum atomic E-state index is -1.42. The van der Waals surface area contributed by atoms with Gasteiger partial charge < -0.3 is 20.1 Å². The molecule has 3 aromatic heterocycles. The first-order chi connectivity index (χ1) is 16.9. The number of aromatic amines is 1. The molecule has 1 aromatic carbocycles. The number of amides is 1. The lowest BCUT2D eigenvalue weighted by molar-refractivity contribution is -0.114. The second-order valence-electron chi connectivity index (χ2n) is 8.17. The van der Waals surface area contributed by atoms with Crippen molar-refractivity contribution < 1.29 is 14.6 Å². The fourth-order valence-electron chi connectivity index (χ4n) is 4.26. The van der Waals surface area contributed by atoms with E-state index in [0.29, 0.717) is 47.4 Å². The second kappa shape index (κ2) is 9.75. The molecular formula is C26H23ClN4O3S. The summed E-state index contributed by atoms with van der Waals surface area (Å²) in [6, 6.07) is 12.9. The molecule has 0 aliphatic carbocycles. The van der Waals surface area contributed by atoms with Crippen LogP contribution in [0.25, 0.3) is 21.1 Å². The summed E-state index contributed by atoms with van der Waals surface area (Å²) in [6.07, 6.45) is 7.63. The molecule has 0 saturated carbocycles. The molecule has 9 heteroatoms. The number of hydrogen-bond acceptors (Lipinski definition) is 6. The van der Waals surface area contributed by atoms with Gasteiger partial charge in [0.05, 0.1) is 18.1 Å². The summed E-state index contributed by atoms with van der Waals surface area (Å²) < 4.78 is 5.54. The van der Waals surface area contributed by atoms with Crippen LogP contribution in [0.2, 0.25) is 5.02 Å². The normalized spacial score (nSPS) is 15.3. The number of rotatable bonds is 6. The van der Waals surface area contributed by atoms with Crippen LogP contribution in [0.4, 0.5) is 5.82 Å². The van der Waals surface area contributed by atoms with Gasteiger partial charge in [-0.05, 0) is 53.5 Å². The average molecular weight is 507 g/mol. The van der Waals surface area contributed by atoms with E-state index in [2.05, 4.69) is 20.3 Å². The fraction of sp³-hybridized carbons (Fsp3) is 0.192. The molecule has 1 aliphatic heterocycles. The van der Waals surface area contributed by atoms with Gasteiger partial charge in [-0.2, -0.15) is 0 Å². The van der Waals surface area contributed by atoms with Crippen LogP contribution in [0.1, 0.15) is 24.5 Å². The number of aliphatic hydroxyl groups is 1. The molecule has 0 bridgehead atoms. The molecule has 1 amide bonds. The quantitative estimate of drug-likeness (QED) is 0.304. The van der Waals surface area contributed by atoms with E-state index in [4.69, 9.17) is 16.3 Å². The number of nitrogens with zero attached hydrogens (tertiary/aromatic N) is 2. The van der Waals surface area contributed by atoms with E-state index in [0.717, 1.165) is 20.9 Å². The Morgan fingerprint density at radius 3 is 2.71 bits per heavy atom. The van der Waals surface area contributed by atoms with Gasteiger partial charge in [0.1, 0.15) is 17.2 Å². The summed E-state index contributed by atoms with van der Waals surface area (Å²) in [5.41, 5.74) is 1.73. The summed E-state index contributed by atoms with van der Waals surface area (Å²) in [4.78, 5) is 25.2. The molecule has 1 aliphatic rings. The number of anilines is 1. The monoisotopic (exact) mass is 506 g/mol. The summed E-state index contributed by atoms with van der Waals surface area (Å²) >= 11 is 7.68. The average Bonchev–Trinajstić information content (AvgIpc) is 3.55. The number of aromatic nitrogens is 3. The molecule has 7 nitrogen and oxygen atoms in total. The van der Waals surface area contributed by atoms with Crippen LogP contribution in [0, 0.1) is 0 Å². The highest BCUT2D eigenvalue weighted by atomic mass is 35.5. The number of ether oxygens (including phenoxy) is 1. The van der Waals surface area contributed by atoms with Gasteiger partial charge in [-0.15, -0.1) is 11.3 Å². The molecule has 4 heterocycles. The molecule has 1 atom stereocenters. The third kappa shape index (κ3) is 4.66. The highest BCUT2D eigenvalue weighted by molar-refractivity contribution is 7.19. The zero-order chi connectivity index (χ0) is 24.4. The van der Waals surface area contributed by atoms with Crippen LogP contribution in [0.3, 0.4) is 0 Å². The maximum atomic E-state index is 12.5. The van der Waals surface area contributed by atoms with Gasteiger partial charge in [-0.25, -0.2) is 9.97 Å². The predicted molar refractivity (Wildman–Crippen MR) is 137 cm³/mol. The number of halogens is 1. The van der Waals surface area contributed by atoms with Crippen molar-refractivity contribution in [3.63, 3.8) is 0 Å². The number of benzene rings is 1. The van der Waals surface area contributed by atoms with Gasteiger partial charge in [-0.3, -0.25) is 4.79 Å². The Morgan fingerprint density at radius 1 is 1.20 bits per heavy atom. The maximum absolute atomic E-state index is 12.5. The standard InChI is InChI=1S/C26H23ClN4O3S/c1-16(32)31-23-14-17(6-9-28-23)22-15-21(24(35-22)25-29-10-11-30-25)26(33,19-7-12-34-13-8-19)18-2-4-20(27)5-3-18/h2-7,9-11,14-15,33H,8,12-13H2,1H3,(H,29,30)(H,28,31,32). The van der Waals surface area contributed by atoms with Crippen LogP contribution in [-0.2, 0) is 15.1 Å². The van der Waals surface area contributed by atoms with Gasteiger partial charge in [0, 0.05) is 41.0 Å². The summed E-state index contributed by atoms with van der Waals surface area (Å²) in [6.45, 7) is 2.41. The predicted octanol–water partition coefficient (Wildman–Crippen LogP) is 5.39. The molecule has 3 N–H and O–H groups in total. The Labute approximate surface area is 211 Å². The summed E-state index contributed by atoms with van der Waals surface area (Å²) in [7, 11) is 0. The molecule has 35 heavy (non-hydrogen) atoms. The molecule has 5 rings (SSSR count). The van der Waals surface area contributed by atoms with E-state index in [1.54, 1.807) is 30.7 Å². The van der Waals surface area contributed by atoms with E-state index in [9.17, 15) is 9.90 Å². The number of hydrogen-bond donors (Lipinski definition) is 3. The molecule has 178 valence electrons. The number of thiophene rings is 1.